The molecule has 0 spiro atoms. The lowest BCUT2D eigenvalue weighted by molar-refractivity contribution is 0.263. The normalized spacial score (nSPS) is 19.9. The number of rotatable bonds is 4. The van der Waals surface area contributed by atoms with Crippen LogP contribution in [0.1, 0.15) is 5.56 Å². The Morgan fingerprint density at radius 3 is 2.71 bits per heavy atom. The largest absolute Gasteiger partial charge is 0.491 e. The monoisotopic (exact) mass is 210 g/mol. The molecule has 0 amide bonds. The maximum atomic E-state index is 5.48. The second-order valence-corrected chi connectivity index (χ2v) is 3.38. The molecule has 2 nitrogen and oxygen atoms in total. The predicted octanol–water partition coefficient (Wildman–Crippen LogP) is 2.67. The minimum atomic E-state index is 0.303. The van der Waals surface area contributed by atoms with Gasteiger partial charge < -0.3 is 9.47 Å². The van der Waals surface area contributed by atoms with Gasteiger partial charge in [-0.05, 0) is 23.8 Å². The van der Waals surface area contributed by atoms with Gasteiger partial charge in [0.2, 0.25) is 0 Å². The van der Waals surface area contributed by atoms with Crippen LogP contribution in [0.15, 0.2) is 29.8 Å². The fraction of sp³-hybridized carbons (Fsp3) is 0.273. The summed E-state index contributed by atoms with van der Waals surface area (Å²) in [5, 5.41) is 0. The number of halogens is 1. The zero-order valence-electron chi connectivity index (χ0n) is 7.65. The molecule has 0 saturated carbocycles. The SMILES string of the molecule is Cl/C=C/c1ccc(OCC2CO2)cc1. The molecule has 14 heavy (non-hydrogen) atoms. The Kier molecular flexibility index (Phi) is 3.07. The second kappa shape index (κ2) is 4.49. The van der Waals surface area contributed by atoms with Crippen LogP contribution in [0.3, 0.4) is 0 Å². The van der Waals surface area contributed by atoms with E-state index < -0.39 is 0 Å². The molecule has 1 aliphatic rings. The quantitative estimate of drug-likeness (QED) is 0.713. The Morgan fingerprint density at radius 1 is 1.43 bits per heavy atom. The zero-order chi connectivity index (χ0) is 9.80. The van der Waals surface area contributed by atoms with Gasteiger partial charge in [-0.2, -0.15) is 0 Å². The van der Waals surface area contributed by atoms with Crippen LogP contribution < -0.4 is 4.74 Å². The van der Waals surface area contributed by atoms with Gasteiger partial charge in [0.05, 0.1) is 6.61 Å². The summed E-state index contributed by atoms with van der Waals surface area (Å²) in [6.45, 7) is 1.47. The van der Waals surface area contributed by atoms with Crippen molar-refractivity contribution in [3.8, 4) is 5.75 Å². The molecule has 1 heterocycles. The highest BCUT2D eigenvalue weighted by Crippen LogP contribution is 2.16. The van der Waals surface area contributed by atoms with E-state index in [1.165, 1.54) is 5.54 Å². The minimum Gasteiger partial charge on any atom is -0.491 e. The molecule has 1 unspecified atom stereocenters. The Bertz CT molecular complexity index is 315. The summed E-state index contributed by atoms with van der Waals surface area (Å²) >= 11 is 5.46. The first-order chi connectivity index (χ1) is 6.88. The summed E-state index contributed by atoms with van der Waals surface area (Å²) in [5.74, 6) is 0.868. The van der Waals surface area contributed by atoms with Crippen molar-refractivity contribution in [3.05, 3.63) is 35.4 Å². The molecule has 0 N–H and O–H groups in total. The fourth-order valence-electron chi connectivity index (χ4n) is 1.10. The average molecular weight is 211 g/mol. The summed E-state index contributed by atoms with van der Waals surface area (Å²) < 4.78 is 10.5. The predicted molar refractivity (Wildman–Crippen MR) is 56.6 cm³/mol. The molecule has 3 heteroatoms. The number of benzene rings is 1. The van der Waals surface area contributed by atoms with Gasteiger partial charge >= 0.3 is 0 Å². The van der Waals surface area contributed by atoms with Crippen LogP contribution in [0.25, 0.3) is 6.08 Å². The van der Waals surface area contributed by atoms with Gasteiger partial charge in [0.1, 0.15) is 18.5 Å². The van der Waals surface area contributed by atoms with Crippen LogP contribution in [0.4, 0.5) is 0 Å². The first-order valence-electron chi connectivity index (χ1n) is 4.50. The third-order valence-corrected chi connectivity index (χ3v) is 2.10. The summed E-state index contributed by atoms with van der Waals surface area (Å²) in [6, 6.07) is 7.77. The third-order valence-electron chi connectivity index (χ3n) is 1.97. The third kappa shape index (κ3) is 2.76. The van der Waals surface area contributed by atoms with E-state index in [0.717, 1.165) is 17.9 Å². The Balaban J connectivity index is 1.91. The van der Waals surface area contributed by atoms with Gasteiger partial charge in [-0.25, -0.2) is 0 Å². The molecule has 1 atom stereocenters. The van der Waals surface area contributed by atoms with E-state index in [9.17, 15) is 0 Å². The van der Waals surface area contributed by atoms with Gasteiger partial charge in [0.15, 0.2) is 0 Å². The van der Waals surface area contributed by atoms with Gasteiger partial charge in [-0.15, -0.1) is 0 Å². The molecule has 1 fully saturated rings. The fourth-order valence-corrected chi connectivity index (χ4v) is 1.25. The van der Waals surface area contributed by atoms with Crippen LogP contribution in [-0.2, 0) is 4.74 Å². The number of hydrogen-bond donors (Lipinski definition) is 0. The van der Waals surface area contributed by atoms with Crippen LogP contribution in [0, 0.1) is 0 Å². The van der Waals surface area contributed by atoms with Crippen LogP contribution in [-0.4, -0.2) is 19.3 Å². The van der Waals surface area contributed by atoms with Crippen molar-refractivity contribution in [3.63, 3.8) is 0 Å². The topological polar surface area (TPSA) is 21.8 Å². The standard InChI is InChI=1S/C11H11ClO2/c12-6-5-9-1-3-10(4-2-9)13-7-11-8-14-11/h1-6,11H,7-8H2/b6-5+. The lowest BCUT2D eigenvalue weighted by atomic mass is 10.2. The van der Waals surface area contributed by atoms with Crippen molar-refractivity contribution in [2.75, 3.05) is 13.2 Å². The van der Waals surface area contributed by atoms with Crippen molar-refractivity contribution in [2.24, 2.45) is 0 Å². The highest BCUT2D eigenvalue weighted by atomic mass is 35.5. The van der Waals surface area contributed by atoms with Gasteiger partial charge in [0, 0.05) is 5.54 Å². The van der Waals surface area contributed by atoms with Gasteiger partial charge in [-0.1, -0.05) is 23.7 Å². The van der Waals surface area contributed by atoms with Crippen LogP contribution >= 0.6 is 11.6 Å². The first kappa shape index (κ1) is 9.56. The van der Waals surface area contributed by atoms with Crippen molar-refractivity contribution >= 4 is 17.7 Å². The molecule has 0 radical (unpaired) electrons. The molecule has 0 bridgehead atoms. The van der Waals surface area contributed by atoms with Gasteiger partial charge in [-0.3, -0.25) is 0 Å². The Hall–Kier alpha value is -0.990. The molecule has 1 saturated heterocycles. The summed E-state index contributed by atoms with van der Waals surface area (Å²) in [7, 11) is 0. The molecule has 1 aliphatic heterocycles. The smallest absolute Gasteiger partial charge is 0.119 e. The lowest BCUT2D eigenvalue weighted by Crippen LogP contribution is -2.03. The van der Waals surface area contributed by atoms with E-state index in [1.807, 2.05) is 30.3 Å². The Labute approximate surface area is 88.1 Å². The van der Waals surface area contributed by atoms with Crippen molar-refractivity contribution in [2.45, 2.75) is 6.10 Å². The molecular weight excluding hydrogens is 200 g/mol. The zero-order valence-corrected chi connectivity index (χ0v) is 8.41. The van der Waals surface area contributed by atoms with E-state index in [4.69, 9.17) is 21.1 Å². The number of ether oxygens (including phenoxy) is 2. The minimum absolute atomic E-state index is 0.303. The Morgan fingerprint density at radius 2 is 2.14 bits per heavy atom. The number of hydrogen-bond acceptors (Lipinski definition) is 2. The van der Waals surface area contributed by atoms with E-state index in [0.29, 0.717) is 12.7 Å². The van der Waals surface area contributed by atoms with Gasteiger partial charge in [0.25, 0.3) is 0 Å². The maximum absolute atomic E-state index is 5.48. The van der Waals surface area contributed by atoms with E-state index in [1.54, 1.807) is 0 Å². The molecule has 74 valence electrons. The maximum Gasteiger partial charge on any atom is 0.119 e. The van der Waals surface area contributed by atoms with Crippen molar-refractivity contribution in [1.29, 1.82) is 0 Å². The summed E-state index contributed by atoms with van der Waals surface area (Å²) in [5.41, 5.74) is 2.56. The van der Waals surface area contributed by atoms with Crippen molar-refractivity contribution in [1.82, 2.24) is 0 Å². The molecular formula is C11H11ClO2. The molecule has 0 aromatic heterocycles. The highest BCUT2D eigenvalue weighted by molar-refractivity contribution is 6.27. The second-order valence-electron chi connectivity index (χ2n) is 3.13. The highest BCUT2D eigenvalue weighted by Gasteiger charge is 2.22. The molecule has 2 rings (SSSR count). The van der Waals surface area contributed by atoms with E-state index in [2.05, 4.69) is 0 Å². The van der Waals surface area contributed by atoms with E-state index in [-0.39, 0.29) is 0 Å². The van der Waals surface area contributed by atoms with Crippen LogP contribution in [0.5, 0.6) is 5.75 Å². The average Bonchev–Trinajstić information content (AvgIpc) is 3.01. The van der Waals surface area contributed by atoms with E-state index >= 15 is 0 Å². The molecule has 0 aliphatic carbocycles. The first-order valence-corrected chi connectivity index (χ1v) is 4.93. The van der Waals surface area contributed by atoms with Crippen LogP contribution in [0.2, 0.25) is 0 Å². The number of epoxide rings is 1. The molecule has 1 aromatic rings. The molecule has 1 aromatic carbocycles. The van der Waals surface area contributed by atoms with Crippen molar-refractivity contribution < 1.29 is 9.47 Å². The lowest BCUT2D eigenvalue weighted by Gasteiger charge is -2.03. The summed E-state index contributed by atoms with van der Waals surface area (Å²) in [4.78, 5) is 0. The summed E-state index contributed by atoms with van der Waals surface area (Å²) in [6.07, 6.45) is 2.13.